The summed E-state index contributed by atoms with van der Waals surface area (Å²) >= 11 is 0. The lowest BCUT2D eigenvalue weighted by Gasteiger charge is -2.41. The van der Waals surface area contributed by atoms with Crippen molar-refractivity contribution in [1.29, 1.82) is 0 Å². The van der Waals surface area contributed by atoms with E-state index in [1.165, 1.54) is 5.01 Å². The van der Waals surface area contributed by atoms with E-state index < -0.39 is 17.0 Å². The second-order valence-electron chi connectivity index (χ2n) is 10.6. The van der Waals surface area contributed by atoms with Crippen LogP contribution in [0.5, 0.6) is 0 Å². The largest absolute Gasteiger partial charge is 0.375 e. The molecule has 0 radical (unpaired) electrons. The fourth-order valence-corrected chi connectivity index (χ4v) is 4.91. The number of rotatable bonds is 10. The predicted octanol–water partition coefficient (Wildman–Crippen LogP) is 2.19. The second-order valence-corrected chi connectivity index (χ2v) is 10.6. The van der Waals surface area contributed by atoms with Gasteiger partial charge < -0.3 is 20.7 Å². The van der Waals surface area contributed by atoms with Crippen LogP contribution in [0.25, 0.3) is 0 Å². The molecule has 8 nitrogen and oxygen atoms in total. The quantitative estimate of drug-likeness (QED) is 0.531. The zero-order chi connectivity index (χ0) is 25.8. The maximum atomic E-state index is 13.8. The van der Waals surface area contributed by atoms with Gasteiger partial charge >= 0.3 is 0 Å². The number of hydrazone groups is 1. The minimum atomic E-state index is -0.841. The van der Waals surface area contributed by atoms with E-state index in [9.17, 15) is 9.59 Å². The van der Waals surface area contributed by atoms with Crippen molar-refractivity contribution in [2.24, 2.45) is 16.3 Å². The van der Waals surface area contributed by atoms with Gasteiger partial charge in [-0.2, -0.15) is 5.10 Å². The standard InChI is InChI=1S/C28H37N5O3/c1-27(2,29)19-30-23(18-36-17-22-12-8-5-9-13-22)25(34)33-15-14-24-28(20-33,26(35)32(3)31-24)16-21-10-6-4-7-11-21/h4-13,23,30H,14-20,29H2,1-3H3/t23-,28+/m1/s1. The van der Waals surface area contributed by atoms with Crippen LogP contribution in [0, 0.1) is 5.41 Å². The van der Waals surface area contributed by atoms with Crippen molar-refractivity contribution in [2.45, 2.75) is 44.9 Å². The van der Waals surface area contributed by atoms with Gasteiger partial charge in [-0.3, -0.25) is 9.59 Å². The summed E-state index contributed by atoms with van der Waals surface area (Å²) in [6.07, 6.45) is 1.08. The first-order chi connectivity index (χ1) is 17.2. The number of nitrogens with two attached hydrogens (primary N) is 1. The summed E-state index contributed by atoms with van der Waals surface area (Å²) in [5.41, 5.74) is 7.82. The Balaban J connectivity index is 1.51. The van der Waals surface area contributed by atoms with Crippen molar-refractivity contribution in [3.8, 4) is 0 Å². The molecule has 2 aliphatic heterocycles. The summed E-state index contributed by atoms with van der Waals surface area (Å²) in [4.78, 5) is 29.0. The molecular formula is C28H37N5O3. The molecule has 1 fully saturated rings. The first-order valence-corrected chi connectivity index (χ1v) is 12.5. The van der Waals surface area contributed by atoms with E-state index in [0.29, 0.717) is 39.1 Å². The maximum Gasteiger partial charge on any atom is 0.256 e. The first kappa shape index (κ1) is 26.0. The van der Waals surface area contributed by atoms with Crippen LogP contribution in [0.15, 0.2) is 65.8 Å². The topological polar surface area (TPSA) is 100 Å². The summed E-state index contributed by atoms with van der Waals surface area (Å²) in [6, 6.07) is 19.2. The Hall–Kier alpha value is -3.07. The Morgan fingerprint density at radius 2 is 1.78 bits per heavy atom. The van der Waals surface area contributed by atoms with Gasteiger partial charge in [0.25, 0.3) is 5.91 Å². The van der Waals surface area contributed by atoms with Crippen molar-refractivity contribution in [3.63, 3.8) is 0 Å². The van der Waals surface area contributed by atoms with E-state index in [1.54, 1.807) is 11.9 Å². The van der Waals surface area contributed by atoms with Gasteiger partial charge in [0.15, 0.2) is 0 Å². The number of fused-ring (bicyclic) bond motifs is 1. The lowest BCUT2D eigenvalue weighted by Crippen LogP contribution is -2.60. The summed E-state index contributed by atoms with van der Waals surface area (Å²) < 4.78 is 5.95. The summed E-state index contributed by atoms with van der Waals surface area (Å²) in [5, 5.41) is 9.31. The minimum absolute atomic E-state index is 0.0632. The van der Waals surface area contributed by atoms with Crippen LogP contribution in [0.2, 0.25) is 0 Å². The Morgan fingerprint density at radius 3 is 2.42 bits per heavy atom. The van der Waals surface area contributed by atoms with Gasteiger partial charge in [0.2, 0.25) is 5.91 Å². The first-order valence-electron chi connectivity index (χ1n) is 12.5. The van der Waals surface area contributed by atoms with Crippen molar-refractivity contribution < 1.29 is 14.3 Å². The average molecular weight is 492 g/mol. The summed E-state index contributed by atoms with van der Waals surface area (Å²) in [5.74, 6) is -0.145. The molecule has 3 N–H and O–H groups in total. The molecule has 4 rings (SSSR count). The lowest BCUT2D eigenvalue weighted by molar-refractivity contribution is -0.141. The Labute approximate surface area is 213 Å². The van der Waals surface area contributed by atoms with Gasteiger partial charge in [0, 0.05) is 38.6 Å². The smallest absolute Gasteiger partial charge is 0.256 e. The van der Waals surface area contributed by atoms with Crippen LogP contribution in [-0.2, 0) is 27.4 Å². The number of carbonyl (C=O) groups excluding carboxylic acids is 2. The Morgan fingerprint density at radius 1 is 1.14 bits per heavy atom. The van der Waals surface area contributed by atoms with Crippen molar-refractivity contribution in [2.75, 3.05) is 33.3 Å². The van der Waals surface area contributed by atoms with Crippen LogP contribution in [0.3, 0.4) is 0 Å². The van der Waals surface area contributed by atoms with Crippen molar-refractivity contribution in [1.82, 2.24) is 15.2 Å². The van der Waals surface area contributed by atoms with E-state index in [0.717, 1.165) is 16.8 Å². The highest BCUT2D eigenvalue weighted by Crippen LogP contribution is 2.38. The highest BCUT2D eigenvalue weighted by Gasteiger charge is 2.53. The van der Waals surface area contributed by atoms with Crippen molar-refractivity contribution >= 4 is 17.5 Å². The van der Waals surface area contributed by atoms with Gasteiger partial charge in [-0.05, 0) is 31.4 Å². The van der Waals surface area contributed by atoms with Gasteiger partial charge in [-0.15, -0.1) is 0 Å². The molecule has 8 heteroatoms. The molecule has 2 heterocycles. The number of benzene rings is 2. The number of nitrogens with zero attached hydrogens (tertiary/aromatic N) is 3. The Kier molecular flexibility index (Phi) is 7.88. The zero-order valence-electron chi connectivity index (χ0n) is 21.4. The molecule has 0 aromatic heterocycles. The van der Waals surface area contributed by atoms with E-state index in [-0.39, 0.29) is 18.4 Å². The molecule has 2 atom stereocenters. The molecule has 0 bridgehead atoms. The molecule has 1 saturated heterocycles. The van der Waals surface area contributed by atoms with E-state index >= 15 is 0 Å². The highest BCUT2D eigenvalue weighted by atomic mass is 16.5. The fourth-order valence-electron chi connectivity index (χ4n) is 4.91. The van der Waals surface area contributed by atoms with Crippen molar-refractivity contribution in [3.05, 3.63) is 71.8 Å². The number of hydrogen-bond acceptors (Lipinski definition) is 6. The van der Waals surface area contributed by atoms with Gasteiger partial charge in [0.05, 0.1) is 18.9 Å². The molecule has 0 aliphatic carbocycles. The number of hydrogen-bond donors (Lipinski definition) is 2. The molecule has 2 aromatic rings. The fraction of sp³-hybridized carbons (Fsp3) is 0.464. The van der Waals surface area contributed by atoms with Crippen LogP contribution in [0.1, 0.15) is 31.4 Å². The molecule has 0 saturated carbocycles. The monoisotopic (exact) mass is 491 g/mol. The molecule has 2 aromatic carbocycles. The van der Waals surface area contributed by atoms with E-state index in [2.05, 4.69) is 10.4 Å². The summed E-state index contributed by atoms with van der Waals surface area (Å²) in [6.45, 7) is 5.71. The molecular weight excluding hydrogens is 454 g/mol. The number of amides is 2. The third-order valence-electron chi connectivity index (χ3n) is 6.76. The van der Waals surface area contributed by atoms with Gasteiger partial charge in [-0.1, -0.05) is 60.7 Å². The lowest BCUT2D eigenvalue weighted by atomic mass is 9.73. The third-order valence-corrected chi connectivity index (χ3v) is 6.76. The number of likely N-dealkylation sites (tertiary alicyclic amines) is 1. The summed E-state index contributed by atoms with van der Waals surface area (Å²) in [7, 11) is 1.69. The average Bonchev–Trinajstić information content (AvgIpc) is 3.10. The molecule has 36 heavy (non-hydrogen) atoms. The number of piperidine rings is 1. The minimum Gasteiger partial charge on any atom is -0.375 e. The van der Waals surface area contributed by atoms with E-state index in [1.807, 2.05) is 74.5 Å². The normalized spacial score (nSPS) is 20.8. The predicted molar refractivity (Wildman–Crippen MR) is 140 cm³/mol. The maximum absolute atomic E-state index is 13.8. The van der Waals surface area contributed by atoms with Crippen LogP contribution < -0.4 is 11.1 Å². The van der Waals surface area contributed by atoms with Crippen LogP contribution >= 0.6 is 0 Å². The third kappa shape index (κ3) is 6.00. The van der Waals surface area contributed by atoms with Gasteiger partial charge in [-0.25, -0.2) is 5.01 Å². The van der Waals surface area contributed by atoms with Crippen LogP contribution in [0.4, 0.5) is 0 Å². The molecule has 0 unspecified atom stereocenters. The highest BCUT2D eigenvalue weighted by molar-refractivity contribution is 6.13. The number of nitrogens with one attached hydrogen (secondary N) is 1. The molecule has 2 aliphatic rings. The Bertz CT molecular complexity index is 1080. The molecule has 2 amide bonds. The van der Waals surface area contributed by atoms with Gasteiger partial charge in [0.1, 0.15) is 11.5 Å². The second kappa shape index (κ2) is 10.9. The van der Waals surface area contributed by atoms with E-state index in [4.69, 9.17) is 10.5 Å². The van der Waals surface area contributed by atoms with Crippen LogP contribution in [-0.4, -0.2) is 72.3 Å². The molecule has 192 valence electrons. The zero-order valence-corrected chi connectivity index (χ0v) is 21.4. The number of carbonyl (C=O) groups is 2. The SMILES string of the molecule is CN1N=C2CCN(C(=O)[C@@H](COCc3ccccc3)NCC(C)(C)N)C[C@]2(Cc2ccccc2)C1=O. The molecule has 0 spiro atoms. The number of ether oxygens (including phenoxy) is 1.